The molecule has 0 radical (unpaired) electrons. The van der Waals surface area contributed by atoms with Gasteiger partial charge in [0.15, 0.2) is 10.8 Å². The molecule has 3 aromatic heterocycles. The van der Waals surface area contributed by atoms with Gasteiger partial charge in [-0.1, -0.05) is 13.8 Å². The van der Waals surface area contributed by atoms with Crippen molar-refractivity contribution in [1.29, 1.82) is 0 Å². The Balaban J connectivity index is 1.68. The fourth-order valence-corrected chi connectivity index (χ4v) is 3.18. The molecular weight excluding hydrogens is 282 g/mol. The number of H-pyrrole nitrogens is 1. The average molecular weight is 301 g/mol. The molecule has 5 nitrogen and oxygen atoms in total. The van der Waals surface area contributed by atoms with Crippen LogP contribution in [0.1, 0.15) is 37.7 Å². The van der Waals surface area contributed by atoms with E-state index in [1.807, 2.05) is 18.6 Å². The third kappa shape index (κ3) is 3.21. The van der Waals surface area contributed by atoms with Gasteiger partial charge >= 0.3 is 0 Å². The van der Waals surface area contributed by atoms with Crippen molar-refractivity contribution in [3.8, 4) is 10.8 Å². The summed E-state index contributed by atoms with van der Waals surface area (Å²) < 4.78 is 2.17. The van der Waals surface area contributed by atoms with Gasteiger partial charge in [0.1, 0.15) is 5.82 Å². The van der Waals surface area contributed by atoms with E-state index in [9.17, 15) is 0 Å². The van der Waals surface area contributed by atoms with E-state index in [1.165, 1.54) is 0 Å². The van der Waals surface area contributed by atoms with Crippen LogP contribution in [-0.2, 0) is 13.0 Å². The predicted octanol–water partition coefficient (Wildman–Crippen LogP) is 3.49. The minimum Gasteiger partial charge on any atom is -0.349 e. The number of hydrogen-bond donors (Lipinski definition) is 1. The van der Waals surface area contributed by atoms with Crippen LogP contribution >= 0.6 is 11.3 Å². The number of nitrogens with one attached hydrogen (secondary N) is 1. The van der Waals surface area contributed by atoms with E-state index in [1.54, 1.807) is 17.5 Å². The fourth-order valence-electron chi connectivity index (χ4n) is 2.19. The Morgan fingerprint density at radius 2 is 2.19 bits per heavy atom. The highest BCUT2D eigenvalue weighted by molar-refractivity contribution is 7.13. The van der Waals surface area contributed by atoms with Gasteiger partial charge in [-0.05, 0) is 12.3 Å². The van der Waals surface area contributed by atoms with Gasteiger partial charge in [0.2, 0.25) is 0 Å². The first-order chi connectivity index (χ1) is 10.2. The van der Waals surface area contributed by atoms with E-state index in [0.717, 1.165) is 41.7 Å². The highest BCUT2D eigenvalue weighted by Crippen LogP contribution is 2.25. The summed E-state index contributed by atoms with van der Waals surface area (Å²) in [6.45, 7) is 5.25. The summed E-state index contributed by atoms with van der Waals surface area (Å²) in [6.07, 6.45) is 9.49. The second kappa shape index (κ2) is 6.22. The smallest absolute Gasteiger partial charge is 0.169 e. The third-order valence-corrected chi connectivity index (χ3v) is 4.24. The maximum absolute atomic E-state index is 4.69. The molecule has 0 saturated heterocycles. The van der Waals surface area contributed by atoms with Crippen LogP contribution in [0.25, 0.3) is 10.8 Å². The molecule has 0 atom stereocenters. The lowest BCUT2D eigenvalue weighted by atomic mass is 10.2. The highest BCUT2D eigenvalue weighted by Gasteiger charge is 2.12. The zero-order valence-corrected chi connectivity index (χ0v) is 13.1. The molecule has 110 valence electrons. The minimum absolute atomic E-state index is 0.456. The van der Waals surface area contributed by atoms with Crippen molar-refractivity contribution < 1.29 is 0 Å². The fraction of sp³-hybridized carbons (Fsp3) is 0.400. The molecule has 21 heavy (non-hydrogen) atoms. The zero-order chi connectivity index (χ0) is 14.7. The lowest BCUT2D eigenvalue weighted by Gasteiger charge is -2.05. The lowest BCUT2D eigenvalue weighted by Crippen LogP contribution is -2.02. The first kappa shape index (κ1) is 14.0. The number of aromatic nitrogens is 5. The van der Waals surface area contributed by atoms with Crippen LogP contribution in [0.5, 0.6) is 0 Å². The SMILES string of the molecule is CC(C)c1csc(-c2nccn2CCCc2ncc[nH]2)n1. The van der Waals surface area contributed by atoms with Crippen molar-refractivity contribution in [3.05, 3.63) is 41.7 Å². The van der Waals surface area contributed by atoms with E-state index in [4.69, 9.17) is 0 Å². The summed E-state index contributed by atoms with van der Waals surface area (Å²) in [7, 11) is 0. The maximum Gasteiger partial charge on any atom is 0.169 e. The summed E-state index contributed by atoms with van der Waals surface area (Å²) in [5, 5.41) is 3.13. The summed E-state index contributed by atoms with van der Waals surface area (Å²) in [4.78, 5) is 16.5. The third-order valence-electron chi connectivity index (χ3n) is 3.39. The van der Waals surface area contributed by atoms with Crippen molar-refractivity contribution in [2.45, 2.75) is 39.2 Å². The van der Waals surface area contributed by atoms with Crippen LogP contribution in [-0.4, -0.2) is 24.5 Å². The van der Waals surface area contributed by atoms with E-state index >= 15 is 0 Å². The Morgan fingerprint density at radius 3 is 2.90 bits per heavy atom. The van der Waals surface area contributed by atoms with Crippen LogP contribution in [0.2, 0.25) is 0 Å². The van der Waals surface area contributed by atoms with Crippen LogP contribution in [0.15, 0.2) is 30.2 Å². The first-order valence-corrected chi connectivity index (χ1v) is 8.07. The largest absolute Gasteiger partial charge is 0.349 e. The number of imidazole rings is 2. The van der Waals surface area contributed by atoms with Gasteiger partial charge in [-0.25, -0.2) is 15.0 Å². The molecule has 0 fully saturated rings. The molecule has 0 bridgehead atoms. The quantitative estimate of drug-likeness (QED) is 0.758. The number of nitrogens with zero attached hydrogens (tertiary/aromatic N) is 4. The summed E-state index contributed by atoms with van der Waals surface area (Å²) >= 11 is 1.67. The molecule has 6 heteroatoms. The average Bonchev–Trinajstić information content (AvgIpc) is 3.20. The van der Waals surface area contributed by atoms with E-state index in [-0.39, 0.29) is 0 Å². The molecule has 0 saturated carbocycles. The Hall–Kier alpha value is -1.95. The molecular formula is C15H19N5S. The zero-order valence-electron chi connectivity index (χ0n) is 12.3. The molecule has 0 amide bonds. The second-order valence-electron chi connectivity index (χ2n) is 5.32. The number of thiazole rings is 1. The van der Waals surface area contributed by atoms with Gasteiger partial charge in [-0.2, -0.15) is 0 Å². The minimum atomic E-state index is 0.456. The number of aryl methyl sites for hydroxylation is 2. The number of aromatic amines is 1. The van der Waals surface area contributed by atoms with E-state index in [0.29, 0.717) is 5.92 Å². The Kier molecular flexibility index (Phi) is 4.15. The predicted molar refractivity (Wildman–Crippen MR) is 84.3 cm³/mol. The van der Waals surface area contributed by atoms with Gasteiger partial charge in [0, 0.05) is 43.1 Å². The molecule has 0 unspecified atom stereocenters. The normalized spacial score (nSPS) is 11.4. The lowest BCUT2D eigenvalue weighted by molar-refractivity contribution is 0.636. The van der Waals surface area contributed by atoms with Crippen molar-refractivity contribution in [2.24, 2.45) is 0 Å². The standard InChI is InChI=1S/C15H19N5S/c1-11(2)12-10-21-15(19-12)14-18-7-9-20(14)8-3-4-13-16-5-6-17-13/h5-7,9-11H,3-4,8H2,1-2H3,(H,16,17). The molecule has 0 aliphatic carbocycles. The second-order valence-corrected chi connectivity index (χ2v) is 6.17. The summed E-state index contributed by atoms with van der Waals surface area (Å²) in [5.74, 6) is 2.46. The Bertz CT molecular complexity index is 681. The molecule has 1 N–H and O–H groups in total. The number of rotatable bonds is 6. The van der Waals surface area contributed by atoms with Crippen LogP contribution in [0, 0.1) is 0 Å². The molecule has 0 aliphatic rings. The van der Waals surface area contributed by atoms with E-state index in [2.05, 4.69) is 43.7 Å². The Labute approximate surface area is 128 Å². The van der Waals surface area contributed by atoms with Crippen LogP contribution < -0.4 is 0 Å². The molecule has 3 rings (SSSR count). The van der Waals surface area contributed by atoms with Gasteiger partial charge in [-0.3, -0.25) is 0 Å². The first-order valence-electron chi connectivity index (χ1n) is 7.19. The molecule has 3 aromatic rings. The van der Waals surface area contributed by atoms with Crippen molar-refractivity contribution in [1.82, 2.24) is 24.5 Å². The van der Waals surface area contributed by atoms with Crippen LogP contribution in [0.4, 0.5) is 0 Å². The van der Waals surface area contributed by atoms with Gasteiger partial charge in [-0.15, -0.1) is 11.3 Å². The molecule has 0 spiro atoms. The molecule has 0 aromatic carbocycles. The Morgan fingerprint density at radius 1 is 1.29 bits per heavy atom. The van der Waals surface area contributed by atoms with Crippen LogP contribution in [0.3, 0.4) is 0 Å². The molecule has 0 aliphatic heterocycles. The van der Waals surface area contributed by atoms with Gasteiger partial charge < -0.3 is 9.55 Å². The summed E-state index contributed by atoms with van der Waals surface area (Å²) in [6, 6.07) is 0. The van der Waals surface area contributed by atoms with Crippen molar-refractivity contribution in [2.75, 3.05) is 0 Å². The van der Waals surface area contributed by atoms with Crippen molar-refractivity contribution >= 4 is 11.3 Å². The monoisotopic (exact) mass is 301 g/mol. The van der Waals surface area contributed by atoms with Gasteiger partial charge in [0.25, 0.3) is 0 Å². The molecule has 3 heterocycles. The van der Waals surface area contributed by atoms with E-state index < -0.39 is 0 Å². The van der Waals surface area contributed by atoms with Gasteiger partial charge in [0.05, 0.1) is 5.69 Å². The number of hydrogen-bond acceptors (Lipinski definition) is 4. The maximum atomic E-state index is 4.69. The summed E-state index contributed by atoms with van der Waals surface area (Å²) in [5.41, 5.74) is 1.14. The van der Waals surface area contributed by atoms with Crippen molar-refractivity contribution in [3.63, 3.8) is 0 Å². The topological polar surface area (TPSA) is 59.4 Å². The highest BCUT2D eigenvalue weighted by atomic mass is 32.1.